The summed E-state index contributed by atoms with van der Waals surface area (Å²) in [4.78, 5) is 19.2. The Kier molecular flexibility index (Phi) is 6.81. The normalized spacial score (nSPS) is 26.9. The van der Waals surface area contributed by atoms with E-state index in [1.165, 1.54) is 12.8 Å². The molecule has 1 unspecified atom stereocenters. The second-order valence-corrected chi connectivity index (χ2v) is 8.89. The second-order valence-electron chi connectivity index (χ2n) is 8.89. The topological polar surface area (TPSA) is 45.2 Å². The van der Waals surface area contributed by atoms with Crippen molar-refractivity contribution < 1.29 is 14.3 Å². The highest BCUT2D eigenvalue weighted by molar-refractivity contribution is 5.70. The SMILES string of the molecule is CC(C)CN(C)CCCN1CC2(CCN(C3CCCOC3)CC2)OC1=O. The summed E-state index contributed by atoms with van der Waals surface area (Å²) < 4.78 is 11.5. The summed E-state index contributed by atoms with van der Waals surface area (Å²) >= 11 is 0. The zero-order valence-electron chi connectivity index (χ0n) is 16.9. The van der Waals surface area contributed by atoms with Crippen LogP contribution in [0.3, 0.4) is 0 Å². The van der Waals surface area contributed by atoms with Gasteiger partial charge in [0.05, 0.1) is 13.2 Å². The van der Waals surface area contributed by atoms with Crippen LogP contribution in [0.2, 0.25) is 0 Å². The molecule has 0 aromatic carbocycles. The minimum atomic E-state index is -0.243. The Hall–Kier alpha value is -0.850. The first-order valence-corrected chi connectivity index (χ1v) is 10.5. The quantitative estimate of drug-likeness (QED) is 0.692. The minimum Gasteiger partial charge on any atom is -0.441 e. The number of hydrogen-bond acceptors (Lipinski definition) is 5. The fourth-order valence-electron chi connectivity index (χ4n) is 4.68. The molecule has 0 aliphatic carbocycles. The second kappa shape index (κ2) is 8.89. The lowest BCUT2D eigenvalue weighted by Gasteiger charge is -2.42. The maximum atomic E-state index is 12.3. The van der Waals surface area contributed by atoms with Gasteiger partial charge in [-0.2, -0.15) is 0 Å². The molecular weight excluding hydrogens is 330 g/mol. The molecule has 1 atom stereocenters. The number of rotatable bonds is 7. The molecule has 3 rings (SSSR count). The summed E-state index contributed by atoms with van der Waals surface area (Å²) in [6.45, 7) is 12.0. The largest absolute Gasteiger partial charge is 0.441 e. The molecule has 0 aromatic heterocycles. The van der Waals surface area contributed by atoms with Crippen LogP contribution in [0.25, 0.3) is 0 Å². The van der Waals surface area contributed by atoms with Crippen LogP contribution >= 0.6 is 0 Å². The van der Waals surface area contributed by atoms with E-state index in [-0.39, 0.29) is 11.7 Å². The molecule has 0 bridgehead atoms. The van der Waals surface area contributed by atoms with Gasteiger partial charge < -0.3 is 19.3 Å². The Morgan fingerprint density at radius 2 is 2.08 bits per heavy atom. The fraction of sp³-hybridized carbons (Fsp3) is 0.950. The van der Waals surface area contributed by atoms with Gasteiger partial charge in [0, 0.05) is 51.7 Å². The van der Waals surface area contributed by atoms with Crippen LogP contribution in [-0.4, -0.2) is 92.0 Å². The van der Waals surface area contributed by atoms with E-state index in [9.17, 15) is 4.79 Å². The Labute approximate surface area is 158 Å². The maximum Gasteiger partial charge on any atom is 0.410 e. The number of carbonyl (C=O) groups excluding carboxylic acids is 1. The van der Waals surface area contributed by atoms with E-state index < -0.39 is 0 Å². The molecule has 0 N–H and O–H groups in total. The summed E-state index contributed by atoms with van der Waals surface area (Å²) in [6.07, 6.45) is 5.23. The Morgan fingerprint density at radius 3 is 2.73 bits per heavy atom. The summed E-state index contributed by atoms with van der Waals surface area (Å²) in [5.74, 6) is 0.680. The minimum absolute atomic E-state index is 0.106. The number of piperidine rings is 1. The molecule has 1 amide bonds. The molecule has 0 saturated carbocycles. The van der Waals surface area contributed by atoms with Crippen molar-refractivity contribution in [2.45, 2.75) is 57.6 Å². The smallest absolute Gasteiger partial charge is 0.410 e. The van der Waals surface area contributed by atoms with Gasteiger partial charge in [0.2, 0.25) is 0 Å². The predicted octanol–water partition coefficient (Wildman–Crippen LogP) is 2.43. The zero-order valence-corrected chi connectivity index (χ0v) is 16.9. The molecule has 0 radical (unpaired) electrons. The molecule has 6 heteroatoms. The van der Waals surface area contributed by atoms with Crippen LogP contribution in [0.4, 0.5) is 4.79 Å². The molecule has 3 saturated heterocycles. The monoisotopic (exact) mass is 367 g/mol. The molecule has 3 aliphatic heterocycles. The van der Waals surface area contributed by atoms with E-state index in [1.54, 1.807) is 0 Å². The van der Waals surface area contributed by atoms with Crippen molar-refractivity contribution in [1.29, 1.82) is 0 Å². The lowest BCUT2D eigenvalue weighted by atomic mass is 9.90. The van der Waals surface area contributed by atoms with Crippen molar-refractivity contribution >= 4 is 6.09 Å². The lowest BCUT2D eigenvalue weighted by Crippen LogP contribution is -2.52. The Morgan fingerprint density at radius 1 is 1.31 bits per heavy atom. The molecule has 0 aromatic rings. The summed E-state index contributed by atoms with van der Waals surface area (Å²) in [5, 5.41) is 0. The van der Waals surface area contributed by atoms with Crippen molar-refractivity contribution in [2.24, 2.45) is 5.92 Å². The highest BCUT2D eigenvalue weighted by atomic mass is 16.6. The molecule has 26 heavy (non-hydrogen) atoms. The van der Waals surface area contributed by atoms with E-state index in [1.807, 2.05) is 4.90 Å². The standard InChI is InChI=1S/C20H37N3O3/c1-17(2)14-21(3)9-5-10-23-16-20(26-19(23)24)7-11-22(12-8-20)18-6-4-13-25-15-18/h17-18H,4-16H2,1-3H3. The first-order chi connectivity index (χ1) is 12.5. The van der Waals surface area contributed by atoms with E-state index >= 15 is 0 Å². The average molecular weight is 368 g/mol. The number of amides is 1. The number of hydrogen-bond donors (Lipinski definition) is 0. The molecule has 150 valence electrons. The van der Waals surface area contributed by atoms with Gasteiger partial charge in [-0.05, 0) is 38.8 Å². The van der Waals surface area contributed by atoms with E-state index in [2.05, 4.69) is 30.7 Å². The summed E-state index contributed by atoms with van der Waals surface area (Å²) in [7, 11) is 2.16. The van der Waals surface area contributed by atoms with Gasteiger partial charge in [-0.3, -0.25) is 4.90 Å². The number of nitrogens with zero attached hydrogens (tertiary/aromatic N) is 3. The number of carbonyl (C=O) groups is 1. The van der Waals surface area contributed by atoms with Crippen LogP contribution < -0.4 is 0 Å². The first-order valence-electron chi connectivity index (χ1n) is 10.5. The Balaban J connectivity index is 1.41. The molecule has 3 fully saturated rings. The predicted molar refractivity (Wildman–Crippen MR) is 102 cm³/mol. The van der Waals surface area contributed by atoms with Crippen molar-refractivity contribution in [3.05, 3.63) is 0 Å². The highest BCUT2D eigenvalue weighted by Crippen LogP contribution is 2.34. The summed E-state index contributed by atoms with van der Waals surface area (Å²) in [6, 6.07) is 0.561. The van der Waals surface area contributed by atoms with Crippen molar-refractivity contribution in [2.75, 3.05) is 59.5 Å². The van der Waals surface area contributed by atoms with Crippen LogP contribution in [-0.2, 0) is 9.47 Å². The van der Waals surface area contributed by atoms with Gasteiger partial charge >= 0.3 is 6.09 Å². The van der Waals surface area contributed by atoms with Gasteiger partial charge in [0.15, 0.2) is 0 Å². The lowest BCUT2D eigenvalue weighted by molar-refractivity contribution is -0.0389. The van der Waals surface area contributed by atoms with Gasteiger partial charge in [0.1, 0.15) is 5.60 Å². The van der Waals surface area contributed by atoms with Gasteiger partial charge in [-0.25, -0.2) is 4.79 Å². The third-order valence-corrected chi connectivity index (χ3v) is 6.05. The molecular formula is C20H37N3O3. The number of likely N-dealkylation sites (tertiary alicyclic amines) is 1. The Bertz CT molecular complexity index is 457. The first kappa shape index (κ1) is 19.9. The third kappa shape index (κ3) is 5.11. The molecule has 3 heterocycles. The maximum absolute atomic E-state index is 12.3. The fourth-order valence-corrected chi connectivity index (χ4v) is 4.68. The van der Waals surface area contributed by atoms with Crippen molar-refractivity contribution in [3.63, 3.8) is 0 Å². The van der Waals surface area contributed by atoms with Crippen LogP contribution in [0.15, 0.2) is 0 Å². The summed E-state index contributed by atoms with van der Waals surface area (Å²) in [5.41, 5.74) is -0.243. The van der Waals surface area contributed by atoms with E-state index in [4.69, 9.17) is 9.47 Å². The highest BCUT2D eigenvalue weighted by Gasteiger charge is 2.47. The number of ether oxygens (including phenoxy) is 2. The third-order valence-electron chi connectivity index (χ3n) is 6.05. The van der Waals surface area contributed by atoms with E-state index in [0.29, 0.717) is 12.0 Å². The van der Waals surface area contributed by atoms with Crippen LogP contribution in [0, 0.1) is 5.92 Å². The van der Waals surface area contributed by atoms with Crippen LogP contribution in [0.1, 0.15) is 46.0 Å². The molecule has 3 aliphatic rings. The molecule has 1 spiro atoms. The van der Waals surface area contributed by atoms with Gasteiger partial charge in [0.25, 0.3) is 0 Å². The van der Waals surface area contributed by atoms with E-state index in [0.717, 1.165) is 71.7 Å². The average Bonchev–Trinajstić information content (AvgIpc) is 2.91. The van der Waals surface area contributed by atoms with Crippen molar-refractivity contribution in [3.8, 4) is 0 Å². The van der Waals surface area contributed by atoms with Gasteiger partial charge in [-0.15, -0.1) is 0 Å². The van der Waals surface area contributed by atoms with Crippen molar-refractivity contribution in [1.82, 2.24) is 14.7 Å². The van der Waals surface area contributed by atoms with Crippen LogP contribution in [0.5, 0.6) is 0 Å². The molecule has 6 nitrogen and oxygen atoms in total. The van der Waals surface area contributed by atoms with Gasteiger partial charge in [-0.1, -0.05) is 13.8 Å². The zero-order chi connectivity index (χ0) is 18.6.